The van der Waals surface area contributed by atoms with Crippen molar-refractivity contribution in [1.29, 1.82) is 0 Å². The molecule has 0 spiro atoms. The Morgan fingerprint density at radius 1 is 1.14 bits per heavy atom. The molecule has 0 aromatic heterocycles. The molecular weight excluding hydrogens is 282 g/mol. The predicted molar refractivity (Wildman–Crippen MR) is 90.6 cm³/mol. The summed E-state index contributed by atoms with van der Waals surface area (Å²) in [5.74, 6) is 0. The van der Waals surface area contributed by atoms with E-state index in [0.717, 1.165) is 5.57 Å². The second-order valence-corrected chi connectivity index (χ2v) is 12.9. The van der Waals surface area contributed by atoms with Crippen molar-refractivity contribution in [3.8, 4) is 0 Å². The number of carbonyl (C=O) groups excluding carboxylic acids is 1. The van der Waals surface area contributed by atoms with Gasteiger partial charge in [-0.2, -0.15) is 5.06 Å². The first kappa shape index (κ1) is 20.2. The van der Waals surface area contributed by atoms with E-state index >= 15 is 0 Å². The van der Waals surface area contributed by atoms with Crippen molar-refractivity contribution in [2.24, 2.45) is 0 Å². The normalized spacial score (nSPS) is 14.6. The van der Waals surface area contributed by atoms with Crippen molar-refractivity contribution in [1.82, 2.24) is 5.06 Å². The van der Waals surface area contributed by atoms with Gasteiger partial charge in [-0.15, -0.1) is 0 Å². The van der Waals surface area contributed by atoms with E-state index in [2.05, 4.69) is 40.4 Å². The molecule has 0 radical (unpaired) electrons. The van der Waals surface area contributed by atoms with Crippen LogP contribution in [0, 0.1) is 0 Å². The summed E-state index contributed by atoms with van der Waals surface area (Å²) >= 11 is 0. The lowest BCUT2D eigenvalue weighted by Crippen LogP contribution is -2.52. The van der Waals surface area contributed by atoms with E-state index in [4.69, 9.17) is 9.26 Å². The lowest BCUT2D eigenvalue weighted by atomic mass is 10.2. The summed E-state index contributed by atoms with van der Waals surface area (Å²) in [5.41, 5.74) is 0.306. The molecule has 0 aromatic carbocycles. The fourth-order valence-electron chi connectivity index (χ4n) is 1.16. The van der Waals surface area contributed by atoms with Crippen LogP contribution in [0.3, 0.4) is 0 Å². The zero-order valence-corrected chi connectivity index (χ0v) is 16.5. The molecule has 0 aliphatic heterocycles. The van der Waals surface area contributed by atoms with E-state index in [1.807, 2.05) is 34.6 Å². The number of hydrogen-bond donors (Lipinski definition) is 0. The van der Waals surface area contributed by atoms with Gasteiger partial charge < -0.3 is 9.26 Å². The largest absolute Gasteiger partial charge is 0.442 e. The van der Waals surface area contributed by atoms with Crippen molar-refractivity contribution in [3.05, 3.63) is 12.2 Å². The Bertz CT molecular complexity index is 391. The smallest absolute Gasteiger partial charge is 0.434 e. The third-order valence-electron chi connectivity index (χ3n) is 3.77. The molecule has 5 heteroatoms. The predicted octanol–water partition coefficient (Wildman–Crippen LogP) is 5.12. The molecule has 0 bridgehead atoms. The van der Waals surface area contributed by atoms with Gasteiger partial charge in [0.05, 0.1) is 6.04 Å². The van der Waals surface area contributed by atoms with E-state index in [-0.39, 0.29) is 11.1 Å². The van der Waals surface area contributed by atoms with E-state index in [9.17, 15) is 4.79 Å². The van der Waals surface area contributed by atoms with Crippen LogP contribution >= 0.6 is 0 Å². The maximum absolute atomic E-state index is 12.5. The van der Waals surface area contributed by atoms with Gasteiger partial charge in [-0.1, -0.05) is 32.9 Å². The van der Waals surface area contributed by atoms with Crippen LogP contribution in [0.1, 0.15) is 55.4 Å². The number of hydroxylamine groups is 2. The Morgan fingerprint density at radius 3 is 1.86 bits per heavy atom. The summed E-state index contributed by atoms with van der Waals surface area (Å²) in [6.45, 7) is 23.9. The fraction of sp³-hybridized carbons (Fsp3) is 0.812. The Hall–Kier alpha value is -0.813. The van der Waals surface area contributed by atoms with Gasteiger partial charge in [0.2, 0.25) is 8.32 Å². The molecular formula is C16H33NO3Si. The lowest BCUT2D eigenvalue weighted by Gasteiger charge is -2.41. The van der Waals surface area contributed by atoms with Crippen molar-refractivity contribution < 1.29 is 14.1 Å². The van der Waals surface area contributed by atoms with Gasteiger partial charge in [0.25, 0.3) is 0 Å². The number of hydrogen-bond acceptors (Lipinski definition) is 3. The van der Waals surface area contributed by atoms with Crippen molar-refractivity contribution in [2.75, 3.05) is 0 Å². The van der Waals surface area contributed by atoms with Gasteiger partial charge in [0.15, 0.2) is 0 Å². The highest BCUT2D eigenvalue weighted by Gasteiger charge is 2.42. The highest BCUT2D eigenvalue weighted by atomic mass is 28.4. The number of nitrogens with zero attached hydrogens (tertiary/aromatic N) is 1. The minimum Gasteiger partial charge on any atom is -0.442 e. The standard InChI is InChI=1S/C16H33NO3Si/c1-12(2)13(3)17(14(18)19-15(4,5)6)20-21(10,11)16(7,8)9/h13H,1H2,2-11H3. The van der Waals surface area contributed by atoms with Gasteiger partial charge in [-0.3, -0.25) is 0 Å². The number of rotatable bonds is 4. The molecule has 0 aliphatic carbocycles. The van der Waals surface area contributed by atoms with Crippen LogP contribution in [-0.2, 0) is 9.26 Å². The molecule has 0 aliphatic rings. The van der Waals surface area contributed by atoms with E-state index in [1.54, 1.807) is 0 Å². The van der Waals surface area contributed by atoms with Crippen molar-refractivity contribution in [2.45, 2.75) is 85.2 Å². The SMILES string of the molecule is C=C(C)C(C)N(O[Si](C)(C)C(C)(C)C)C(=O)OC(C)(C)C. The highest BCUT2D eigenvalue weighted by Crippen LogP contribution is 2.38. The molecule has 0 aromatic rings. The average Bonchev–Trinajstić information content (AvgIpc) is 2.20. The maximum Gasteiger partial charge on any atom is 0.434 e. The molecule has 1 atom stereocenters. The lowest BCUT2D eigenvalue weighted by molar-refractivity contribution is -0.0958. The Balaban J connectivity index is 5.36. The van der Waals surface area contributed by atoms with Crippen molar-refractivity contribution >= 4 is 14.4 Å². The molecule has 21 heavy (non-hydrogen) atoms. The number of carbonyl (C=O) groups is 1. The summed E-state index contributed by atoms with van der Waals surface area (Å²) in [5, 5.41) is 1.37. The monoisotopic (exact) mass is 315 g/mol. The van der Waals surface area contributed by atoms with Gasteiger partial charge in [-0.05, 0) is 52.8 Å². The van der Waals surface area contributed by atoms with Crippen LogP contribution in [0.15, 0.2) is 12.2 Å². The molecule has 0 fully saturated rings. The first-order valence-corrected chi connectivity index (χ1v) is 10.4. The molecule has 0 saturated heterocycles. The van der Waals surface area contributed by atoms with E-state index < -0.39 is 20.0 Å². The van der Waals surface area contributed by atoms with Gasteiger partial charge in [-0.25, -0.2) is 4.79 Å². The fourth-order valence-corrected chi connectivity index (χ4v) is 2.16. The van der Waals surface area contributed by atoms with Crippen LogP contribution < -0.4 is 0 Å². The maximum atomic E-state index is 12.5. The molecule has 124 valence electrons. The van der Waals surface area contributed by atoms with Crippen LogP contribution in [0.4, 0.5) is 4.79 Å². The first-order chi connectivity index (χ1) is 9.08. The van der Waals surface area contributed by atoms with E-state index in [0.29, 0.717) is 0 Å². The second-order valence-electron chi connectivity index (χ2n) is 8.18. The molecule has 0 saturated carbocycles. The van der Waals surface area contributed by atoms with Crippen LogP contribution in [0.2, 0.25) is 18.1 Å². The minimum atomic E-state index is -2.13. The molecule has 0 rings (SSSR count). The molecule has 0 N–H and O–H groups in total. The third-order valence-corrected chi connectivity index (χ3v) is 8.04. The van der Waals surface area contributed by atoms with Gasteiger partial charge in [0.1, 0.15) is 5.60 Å². The minimum absolute atomic E-state index is 0.00204. The Labute approximate surface area is 131 Å². The van der Waals surface area contributed by atoms with Crippen molar-refractivity contribution in [3.63, 3.8) is 0 Å². The van der Waals surface area contributed by atoms with Gasteiger partial charge >= 0.3 is 6.09 Å². The Morgan fingerprint density at radius 2 is 1.57 bits per heavy atom. The average molecular weight is 316 g/mol. The number of ether oxygens (including phenoxy) is 1. The van der Waals surface area contributed by atoms with Crippen LogP contribution in [-0.4, -0.2) is 31.1 Å². The Kier molecular flexibility index (Phi) is 6.27. The topological polar surface area (TPSA) is 38.8 Å². The zero-order valence-electron chi connectivity index (χ0n) is 15.5. The summed E-state index contributed by atoms with van der Waals surface area (Å²) in [6.07, 6.45) is -0.456. The van der Waals surface area contributed by atoms with Gasteiger partial charge in [0, 0.05) is 0 Å². The van der Waals surface area contributed by atoms with E-state index in [1.165, 1.54) is 5.06 Å². The number of amides is 1. The van der Waals surface area contributed by atoms with Crippen LogP contribution in [0.25, 0.3) is 0 Å². The quantitative estimate of drug-likeness (QED) is 0.410. The molecule has 4 nitrogen and oxygen atoms in total. The zero-order chi connectivity index (χ0) is 17.2. The molecule has 1 unspecified atom stereocenters. The second kappa shape index (κ2) is 6.52. The molecule has 0 heterocycles. The van der Waals surface area contributed by atoms with Crippen LogP contribution in [0.5, 0.6) is 0 Å². The molecule has 1 amide bonds. The summed E-state index contributed by atoms with van der Waals surface area (Å²) in [7, 11) is -2.13. The highest BCUT2D eigenvalue weighted by molar-refractivity contribution is 6.74. The first-order valence-electron chi connectivity index (χ1n) is 7.45. The summed E-state index contributed by atoms with van der Waals surface area (Å²) in [6, 6.07) is -0.228. The summed E-state index contributed by atoms with van der Waals surface area (Å²) in [4.78, 5) is 12.5. The summed E-state index contributed by atoms with van der Waals surface area (Å²) < 4.78 is 11.6. The third kappa shape index (κ3) is 6.22.